The molecule has 0 aliphatic heterocycles. The fraction of sp³-hybridized carbons (Fsp3) is 0.214. The third-order valence-corrected chi connectivity index (χ3v) is 5.40. The summed E-state index contributed by atoms with van der Waals surface area (Å²) in [6.07, 6.45) is 4.90. The lowest BCUT2D eigenvalue weighted by Crippen LogP contribution is -2.01. The van der Waals surface area contributed by atoms with Gasteiger partial charge in [-0.15, -0.1) is 5.11 Å². The highest BCUT2D eigenvalue weighted by atomic mass is 15.1. The molecule has 4 aromatic carbocycles. The fourth-order valence-corrected chi connectivity index (χ4v) is 3.58. The van der Waals surface area contributed by atoms with Crippen LogP contribution in [0.4, 0.5) is 28.4 Å². The van der Waals surface area contributed by atoms with E-state index in [4.69, 9.17) is 0 Å². The van der Waals surface area contributed by atoms with E-state index in [1.54, 1.807) is 0 Å². The van der Waals surface area contributed by atoms with Gasteiger partial charge >= 0.3 is 0 Å². The monoisotopic (exact) mass is 435 g/mol. The number of unbranched alkanes of at least 4 members (excludes halogenated alkanes) is 3. The van der Waals surface area contributed by atoms with Crippen LogP contribution in [0.3, 0.4) is 0 Å². The van der Waals surface area contributed by atoms with Crippen LogP contribution in [-0.2, 0) is 0 Å². The minimum absolute atomic E-state index is 0.774. The highest BCUT2D eigenvalue weighted by Gasteiger charge is 2.07. The van der Waals surface area contributed by atoms with Gasteiger partial charge < -0.3 is 5.32 Å². The van der Waals surface area contributed by atoms with E-state index in [2.05, 4.69) is 57.0 Å². The number of rotatable bonds is 10. The summed E-state index contributed by atoms with van der Waals surface area (Å²) < 4.78 is 0. The predicted molar refractivity (Wildman–Crippen MR) is 138 cm³/mol. The van der Waals surface area contributed by atoms with Crippen LogP contribution in [0, 0.1) is 0 Å². The summed E-state index contributed by atoms with van der Waals surface area (Å²) >= 11 is 0. The van der Waals surface area contributed by atoms with E-state index in [0.29, 0.717) is 0 Å². The quantitative estimate of drug-likeness (QED) is 0.195. The number of azo groups is 2. The van der Waals surface area contributed by atoms with Crippen molar-refractivity contribution in [3.05, 3.63) is 91.0 Å². The van der Waals surface area contributed by atoms with Crippen molar-refractivity contribution in [3.8, 4) is 0 Å². The van der Waals surface area contributed by atoms with Crippen molar-refractivity contribution in [2.75, 3.05) is 11.9 Å². The number of nitrogens with one attached hydrogen (secondary N) is 1. The van der Waals surface area contributed by atoms with Gasteiger partial charge in [0.2, 0.25) is 0 Å². The van der Waals surface area contributed by atoms with Crippen molar-refractivity contribution >= 4 is 39.2 Å². The Morgan fingerprint density at radius 3 is 1.94 bits per heavy atom. The zero-order chi connectivity index (χ0) is 22.7. The molecule has 0 radical (unpaired) electrons. The van der Waals surface area contributed by atoms with Crippen LogP contribution in [0.1, 0.15) is 32.6 Å². The number of hydrogen-bond acceptors (Lipinski definition) is 5. The minimum Gasteiger partial charge on any atom is -0.383 e. The third-order valence-electron chi connectivity index (χ3n) is 5.40. The van der Waals surface area contributed by atoms with E-state index in [9.17, 15) is 0 Å². The molecule has 1 N–H and O–H groups in total. The molecule has 0 spiro atoms. The second-order valence-corrected chi connectivity index (χ2v) is 7.92. The van der Waals surface area contributed by atoms with Gasteiger partial charge in [-0.05, 0) is 54.3 Å². The molecule has 33 heavy (non-hydrogen) atoms. The van der Waals surface area contributed by atoms with E-state index >= 15 is 0 Å². The number of nitrogens with zero attached hydrogens (tertiary/aromatic N) is 4. The van der Waals surface area contributed by atoms with Gasteiger partial charge in [-0.3, -0.25) is 0 Å². The summed E-state index contributed by atoms with van der Waals surface area (Å²) in [5, 5.41) is 23.5. The molecular formula is C28H29N5. The molecule has 0 atom stereocenters. The third kappa shape index (κ3) is 6.32. The Kier molecular flexibility index (Phi) is 7.90. The van der Waals surface area contributed by atoms with Crippen LogP contribution < -0.4 is 5.32 Å². The summed E-state index contributed by atoms with van der Waals surface area (Å²) in [7, 11) is 0. The second kappa shape index (κ2) is 11.7. The number of benzene rings is 4. The molecule has 0 unspecified atom stereocenters. The maximum Gasteiger partial charge on any atom is 0.117 e. The molecule has 4 aromatic rings. The Bertz CT molecular complexity index is 1210. The summed E-state index contributed by atoms with van der Waals surface area (Å²) in [4.78, 5) is 0. The predicted octanol–water partition coefficient (Wildman–Crippen LogP) is 9.66. The minimum atomic E-state index is 0.774. The fourth-order valence-electron chi connectivity index (χ4n) is 3.58. The van der Waals surface area contributed by atoms with Crippen LogP contribution >= 0.6 is 0 Å². The lowest BCUT2D eigenvalue weighted by molar-refractivity contribution is 0.685. The van der Waals surface area contributed by atoms with E-state index in [1.165, 1.54) is 19.3 Å². The number of anilines is 1. The Morgan fingerprint density at radius 2 is 1.21 bits per heavy atom. The maximum atomic E-state index is 4.65. The Balaban J connectivity index is 1.51. The number of fused-ring (bicyclic) bond motifs is 1. The first-order valence-corrected chi connectivity index (χ1v) is 11.6. The Labute approximate surface area is 195 Å². The van der Waals surface area contributed by atoms with Crippen LogP contribution in [-0.4, -0.2) is 6.54 Å². The molecule has 5 heteroatoms. The first-order valence-electron chi connectivity index (χ1n) is 11.6. The lowest BCUT2D eigenvalue weighted by Gasteiger charge is -2.11. The average Bonchev–Trinajstić information content (AvgIpc) is 2.87. The van der Waals surface area contributed by atoms with Gasteiger partial charge in [0.25, 0.3) is 0 Å². The van der Waals surface area contributed by atoms with Crippen LogP contribution in [0.15, 0.2) is 111 Å². The van der Waals surface area contributed by atoms with E-state index < -0.39 is 0 Å². The van der Waals surface area contributed by atoms with E-state index in [1.807, 2.05) is 66.7 Å². The lowest BCUT2D eigenvalue weighted by atomic mass is 10.1. The van der Waals surface area contributed by atoms with Crippen molar-refractivity contribution < 1.29 is 0 Å². The second-order valence-electron chi connectivity index (χ2n) is 7.92. The highest BCUT2D eigenvalue weighted by molar-refractivity contribution is 5.98. The van der Waals surface area contributed by atoms with Gasteiger partial charge in [-0.1, -0.05) is 74.7 Å². The van der Waals surface area contributed by atoms with Crippen molar-refractivity contribution in [3.63, 3.8) is 0 Å². The molecular weight excluding hydrogens is 406 g/mol. The maximum absolute atomic E-state index is 4.65. The largest absolute Gasteiger partial charge is 0.383 e. The SMILES string of the molecule is CCCCCCNc1ccc2ccccc2c1N=Nc1ccc(N=Nc2ccccc2)cc1. The van der Waals surface area contributed by atoms with Gasteiger partial charge in [0, 0.05) is 11.9 Å². The summed E-state index contributed by atoms with van der Waals surface area (Å²) in [5.41, 5.74) is 4.26. The van der Waals surface area contributed by atoms with Crippen LogP contribution in [0.25, 0.3) is 10.8 Å². The summed E-state index contributed by atoms with van der Waals surface area (Å²) in [5.74, 6) is 0. The highest BCUT2D eigenvalue weighted by Crippen LogP contribution is 2.35. The van der Waals surface area contributed by atoms with Crippen molar-refractivity contribution in [2.24, 2.45) is 20.5 Å². The summed E-state index contributed by atoms with van der Waals surface area (Å²) in [6.45, 7) is 3.16. The number of hydrogen-bond donors (Lipinski definition) is 1. The summed E-state index contributed by atoms with van der Waals surface area (Å²) in [6, 6.07) is 29.8. The van der Waals surface area contributed by atoms with Crippen molar-refractivity contribution in [1.82, 2.24) is 0 Å². The topological polar surface area (TPSA) is 61.5 Å². The zero-order valence-electron chi connectivity index (χ0n) is 19.0. The van der Waals surface area contributed by atoms with Crippen molar-refractivity contribution in [1.29, 1.82) is 0 Å². The Morgan fingerprint density at radius 1 is 0.576 bits per heavy atom. The van der Waals surface area contributed by atoms with Crippen molar-refractivity contribution in [2.45, 2.75) is 32.6 Å². The first kappa shape index (κ1) is 22.3. The van der Waals surface area contributed by atoms with Gasteiger partial charge in [-0.25, -0.2) is 0 Å². The zero-order valence-corrected chi connectivity index (χ0v) is 19.0. The molecule has 0 saturated heterocycles. The molecule has 5 nitrogen and oxygen atoms in total. The van der Waals surface area contributed by atoms with Crippen LogP contribution in [0.2, 0.25) is 0 Å². The van der Waals surface area contributed by atoms with E-state index in [-0.39, 0.29) is 0 Å². The molecule has 0 fully saturated rings. The molecule has 0 amide bonds. The molecule has 0 heterocycles. The Hall–Kier alpha value is -3.86. The van der Waals surface area contributed by atoms with Gasteiger partial charge in [0.05, 0.1) is 22.7 Å². The van der Waals surface area contributed by atoms with Crippen LogP contribution in [0.5, 0.6) is 0 Å². The molecule has 4 rings (SSSR count). The van der Waals surface area contributed by atoms with Gasteiger partial charge in [0.1, 0.15) is 5.69 Å². The standard InChI is InChI=1S/C28H29N5/c1-2-3-4-10-21-29-27-20-15-22-11-8-9-14-26(22)28(27)33-32-25-18-16-24(17-19-25)31-30-23-12-6-5-7-13-23/h5-9,11-20,29H,2-4,10,21H2,1H3. The average molecular weight is 436 g/mol. The van der Waals surface area contributed by atoms with Gasteiger partial charge in [-0.2, -0.15) is 15.3 Å². The first-order chi connectivity index (χ1) is 16.3. The van der Waals surface area contributed by atoms with E-state index in [0.717, 1.165) is 52.2 Å². The van der Waals surface area contributed by atoms with Gasteiger partial charge in [0.15, 0.2) is 0 Å². The molecule has 0 aromatic heterocycles. The normalized spacial score (nSPS) is 11.5. The molecule has 0 aliphatic rings. The molecule has 0 bridgehead atoms. The molecule has 166 valence electrons. The molecule has 0 aliphatic carbocycles. The molecule has 0 saturated carbocycles. The smallest absolute Gasteiger partial charge is 0.117 e.